The number of ether oxygens (including phenoxy) is 1. The number of hydrogen-bond acceptors (Lipinski definition) is 3. The van der Waals surface area contributed by atoms with Crippen molar-refractivity contribution in [2.45, 2.75) is 12.5 Å². The van der Waals surface area contributed by atoms with Crippen LogP contribution in [0.1, 0.15) is 6.42 Å². The molecule has 0 spiro atoms. The van der Waals surface area contributed by atoms with E-state index in [9.17, 15) is 4.79 Å². The van der Waals surface area contributed by atoms with Crippen LogP contribution in [0.4, 0.5) is 0 Å². The molecular formula is C9H13NO2. The molecule has 2 aliphatic rings. The fourth-order valence-electron chi connectivity index (χ4n) is 2.33. The van der Waals surface area contributed by atoms with Gasteiger partial charge in [-0.1, -0.05) is 12.2 Å². The summed E-state index contributed by atoms with van der Waals surface area (Å²) in [6.45, 7) is 0. The lowest BCUT2D eigenvalue weighted by molar-refractivity contribution is -0.146. The fourth-order valence-corrected chi connectivity index (χ4v) is 2.33. The number of hydrogen-bond donors (Lipinski definition) is 1. The lowest BCUT2D eigenvalue weighted by Crippen LogP contribution is -2.39. The van der Waals surface area contributed by atoms with Gasteiger partial charge in [-0.15, -0.1) is 0 Å². The Morgan fingerprint density at radius 1 is 1.50 bits per heavy atom. The Kier molecular flexibility index (Phi) is 1.68. The van der Waals surface area contributed by atoms with E-state index in [1.165, 1.54) is 7.11 Å². The van der Waals surface area contributed by atoms with Gasteiger partial charge in [0.15, 0.2) is 0 Å². The molecule has 0 heterocycles. The van der Waals surface area contributed by atoms with E-state index >= 15 is 0 Å². The van der Waals surface area contributed by atoms with E-state index in [4.69, 9.17) is 10.5 Å². The lowest BCUT2D eigenvalue weighted by atomic mass is 9.90. The van der Waals surface area contributed by atoms with Crippen molar-refractivity contribution in [2.24, 2.45) is 23.5 Å². The van der Waals surface area contributed by atoms with Crippen molar-refractivity contribution in [1.29, 1.82) is 0 Å². The van der Waals surface area contributed by atoms with Crippen molar-refractivity contribution in [1.82, 2.24) is 0 Å². The minimum absolute atomic E-state index is 0.0209. The zero-order valence-corrected chi connectivity index (χ0v) is 7.07. The monoisotopic (exact) mass is 167 g/mol. The van der Waals surface area contributed by atoms with Crippen LogP contribution < -0.4 is 5.73 Å². The molecule has 0 aromatic rings. The zero-order chi connectivity index (χ0) is 8.72. The van der Waals surface area contributed by atoms with Crippen LogP contribution in [-0.4, -0.2) is 19.1 Å². The maximum atomic E-state index is 11.3. The lowest BCUT2D eigenvalue weighted by Gasteiger charge is -2.21. The van der Waals surface area contributed by atoms with Gasteiger partial charge in [0.25, 0.3) is 0 Å². The summed E-state index contributed by atoms with van der Waals surface area (Å²) in [5.41, 5.74) is 5.89. The minimum atomic E-state index is -0.153. The normalized spacial score (nSPS) is 43.5. The summed E-state index contributed by atoms with van der Waals surface area (Å²) < 4.78 is 4.70. The molecule has 3 nitrogen and oxygen atoms in total. The number of carbonyl (C=O) groups excluding carboxylic acids is 1. The highest BCUT2D eigenvalue weighted by molar-refractivity contribution is 5.75. The standard InChI is InChI=1S/C9H13NO2/c1-12-9(11)7-5-2-3-6(4-5)8(7)10/h2-3,5-8H,4,10H2,1H3/t5-,6-,7-,8+/m1/s1. The van der Waals surface area contributed by atoms with Gasteiger partial charge >= 0.3 is 5.97 Å². The third-order valence-corrected chi connectivity index (χ3v) is 2.99. The smallest absolute Gasteiger partial charge is 0.310 e. The molecule has 1 fully saturated rings. The van der Waals surface area contributed by atoms with E-state index in [1.54, 1.807) is 0 Å². The van der Waals surface area contributed by atoms with Gasteiger partial charge < -0.3 is 10.5 Å². The highest BCUT2D eigenvalue weighted by Crippen LogP contribution is 2.42. The third-order valence-electron chi connectivity index (χ3n) is 2.99. The van der Waals surface area contributed by atoms with Crippen LogP contribution in [0, 0.1) is 17.8 Å². The first kappa shape index (κ1) is 7.80. The van der Waals surface area contributed by atoms with E-state index < -0.39 is 0 Å². The SMILES string of the molecule is COC(=O)[C@H]1[C@@H](N)[C@@H]2C=C[C@@H]1C2. The molecule has 0 amide bonds. The molecule has 12 heavy (non-hydrogen) atoms. The van der Waals surface area contributed by atoms with Crippen molar-refractivity contribution in [2.75, 3.05) is 7.11 Å². The predicted octanol–water partition coefficient (Wildman–Crippen LogP) is 0.309. The molecule has 1 saturated carbocycles. The fraction of sp³-hybridized carbons (Fsp3) is 0.667. The highest BCUT2D eigenvalue weighted by atomic mass is 16.5. The van der Waals surface area contributed by atoms with Gasteiger partial charge in [0.2, 0.25) is 0 Å². The summed E-state index contributed by atoms with van der Waals surface area (Å²) in [5, 5.41) is 0. The van der Waals surface area contributed by atoms with Crippen LogP contribution in [0.3, 0.4) is 0 Å². The Hall–Kier alpha value is -0.830. The first-order valence-corrected chi connectivity index (χ1v) is 4.26. The Morgan fingerprint density at radius 2 is 2.17 bits per heavy atom. The summed E-state index contributed by atoms with van der Waals surface area (Å²) in [4.78, 5) is 11.3. The summed E-state index contributed by atoms with van der Waals surface area (Å²) in [5.74, 6) is 0.487. The van der Waals surface area contributed by atoms with Crippen LogP contribution in [-0.2, 0) is 9.53 Å². The number of allylic oxidation sites excluding steroid dienone is 1. The Balaban J connectivity index is 2.18. The average molecular weight is 167 g/mol. The molecule has 0 aliphatic heterocycles. The van der Waals surface area contributed by atoms with Gasteiger partial charge in [-0.3, -0.25) is 4.79 Å². The second kappa shape index (κ2) is 2.59. The van der Waals surface area contributed by atoms with E-state index in [-0.39, 0.29) is 17.9 Å². The Labute approximate surface area is 71.6 Å². The molecule has 2 N–H and O–H groups in total. The van der Waals surface area contributed by atoms with E-state index in [2.05, 4.69) is 12.2 Å². The van der Waals surface area contributed by atoms with E-state index in [0.29, 0.717) is 11.8 Å². The molecule has 2 rings (SSSR count). The zero-order valence-electron chi connectivity index (χ0n) is 7.07. The van der Waals surface area contributed by atoms with Crippen LogP contribution in [0.25, 0.3) is 0 Å². The molecule has 0 aromatic heterocycles. The van der Waals surface area contributed by atoms with Crippen molar-refractivity contribution < 1.29 is 9.53 Å². The van der Waals surface area contributed by atoms with Crippen molar-refractivity contribution in [3.8, 4) is 0 Å². The summed E-state index contributed by atoms with van der Waals surface area (Å²) in [6.07, 6.45) is 5.24. The summed E-state index contributed by atoms with van der Waals surface area (Å²) in [6, 6.07) is -0.0209. The number of rotatable bonds is 1. The van der Waals surface area contributed by atoms with Crippen molar-refractivity contribution in [3.05, 3.63) is 12.2 Å². The van der Waals surface area contributed by atoms with Crippen molar-refractivity contribution in [3.63, 3.8) is 0 Å². The molecule has 3 heteroatoms. The summed E-state index contributed by atoms with van der Waals surface area (Å²) >= 11 is 0. The van der Waals surface area contributed by atoms with E-state index in [0.717, 1.165) is 6.42 Å². The first-order valence-electron chi connectivity index (χ1n) is 4.26. The molecule has 66 valence electrons. The quantitative estimate of drug-likeness (QED) is 0.451. The molecule has 0 unspecified atom stereocenters. The Bertz CT molecular complexity index is 237. The molecule has 0 saturated heterocycles. The van der Waals surface area contributed by atoms with Crippen LogP contribution in [0.2, 0.25) is 0 Å². The minimum Gasteiger partial charge on any atom is -0.469 e. The molecule has 2 bridgehead atoms. The van der Waals surface area contributed by atoms with Gasteiger partial charge in [0.05, 0.1) is 13.0 Å². The average Bonchev–Trinajstić information content (AvgIpc) is 2.63. The Morgan fingerprint density at radius 3 is 2.67 bits per heavy atom. The first-order chi connectivity index (χ1) is 5.74. The van der Waals surface area contributed by atoms with Crippen molar-refractivity contribution >= 4 is 5.97 Å². The maximum absolute atomic E-state index is 11.3. The molecule has 4 atom stereocenters. The van der Waals surface area contributed by atoms with Gasteiger partial charge in [-0.25, -0.2) is 0 Å². The van der Waals surface area contributed by atoms with Crippen LogP contribution in [0.5, 0.6) is 0 Å². The largest absolute Gasteiger partial charge is 0.469 e. The van der Waals surface area contributed by atoms with Gasteiger partial charge in [0.1, 0.15) is 0 Å². The molecule has 0 aromatic carbocycles. The predicted molar refractivity (Wildman–Crippen MR) is 44.2 cm³/mol. The topological polar surface area (TPSA) is 52.3 Å². The second-order valence-electron chi connectivity index (χ2n) is 3.57. The van der Waals surface area contributed by atoms with Gasteiger partial charge in [0, 0.05) is 6.04 Å². The van der Waals surface area contributed by atoms with Gasteiger partial charge in [-0.05, 0) is 18.3 Å². The van der Waals surface area contributed by atoms with Crippen LogP contribution >= 0.6 is 0 Å². The van der Waals surface area contributed by atoms with Gasteiger partial charge in [-0.2, -0.15) is 0 Å². The molecular weight excluding hydrogens is 154 g/mol. The second-order valence-corrected chi connectivity index (χ2v) is 3.57. The number of esters is 1. The number of nitrogens with two attached hydrogens (primary N) is 1. The molecule has 2 aliphatic carbocycles. The molecule has 0 radical (unpaired) electrons. The number of fused-ring (bicyclic) bond motifs is 2. The maximum Gasteiger partial charge on any atom is 0.310 e. The number of methoxy groups -OCH3 is 1. The highest BCUT2D eigenvalue weighted by Gasteiger charge is 2.46. The van der Waals surface area contributed by atoms with E-state index in [1.807, 2.05) is 0 Å². The van der Waals surface area contributed by atoms with Crippen LogP contribution in [0.15, 0.2) is 12.2 Å². The third kappa shape index (κ3) is 0.894. The number of carbonyl (C=O) groups is 1. The summed E-state index contributed by atoms with van der Waals surface area (Å²) in [7, 11) is 1.42.